The summed E-state index contributed by atoms with van der Waals surface area (Å²) in [6, 6.07) is 2.98. The van der Waals surface area contributed by atoms with Gasteiger partial charge in [0.05, 0.1) is 0 Å². The molecule has 0 unspecified atom stereocenters. The Bertz CT molecular complexity index is 537. The van der Waals surface area contributed by atoms with Gasteiger partial charge in [-0.2, -0.15) is 0 Å². The first kappa shape index (κ1) is 11.4. The average molecular weight is 240 g/mol. The largest absolute Gasteiger partial charge is 0.439 e. The molecule has 0 aliphatic rings. The number of rotatable bonds is 2. The minimum Gasteiger partial charge on any atom is -0.439 e. The maximum Gasteiger partial charge on any atom is 0.222 e. The third kappa shape index (κ3) is 2.52. The molecular formula is C11H7F3N2O. The number of ether oxygens (including phenoxy) is 1. The fourth-order valence-electron chi connectivity index (χ4n) is 1.20. The quantitative estimate of drug-likeness (QED) is 0.757. The number of aromatic nitrogens is 2. The summed E-state index contributed by atoms with van der Waals surface area (Å²) < 4.78 is 43.5. The van der Waals surface area contributed by atoms with Crippen molar-refractivity contribution in [1.82, 2.24) is 9.97 Å². The van der Waals surface area contributed by atoms with Crippen molar-refractivity contribution in [2.75, 3.05) is 0 Å². The van der Waals surface area contributed by atoms with Gasteiger partial charge in [0.25, 0.3) is 0 Å². The fourth-order valence-corrected chi connectivity index (χ4v) is 1.20. The molecule has 2 aromatic rings. The second-order valence-corrected chi connectivity index (χ2v) is 3.30. The highest BCUT2D eigenvalue weighted by atomic mass is 19.2. The van der Waals surface area contributed by atoms with Crippen molar-refractivity contribution >= 4 is 0 Å². The molecule has 6 heteroatoms. The van der Waals surface area contributed by atoms with E-state index in [1.807, 2.05) is 0 Å². The Morgan fingerprint density at radius 2 is 1.65 bits per heavy atom. The molecule has 1 aromatic heterocycles. The smallest absolute Gasteiger partial charge is 0.222 e. The fraction of sp³-hybridized carbons (Fsp3) is 0.0909. The Morgan fingerprint density at radius 3 is 2.24 bits per heavy atom. The minimum atomic E-state index is -1.53. The van der Waals surface area contributed by atoms with Crippen LogP contribution in [0.15, 0.2) is 24.5 Å². The molecule has 88 valence electrons. The van der Waals surface area contributed by atoms with Crippen molar-refractivity contribution < 1.29 is 17.9 Å². The summed E-state index contributed by atoms with van der Waals surface area (Å²) in [7, 11) is 0. The summed E-state index contributed by atoms with van der Waals surface area (Å²) >= 11 is 0. The maximum absolute atomic E-state index is 12.9. The van der Waals surface area contributed by atoms with Gasteiger partial charge in [0.1, 0.15) is 12.1 Å². The van der Waals surface area contributed by atoms with Crippen LogP contribution in [0.2, 0.25) is 0 Å². The summed E-state index contributed by atoms with van der Waals surface area (Å²) in [5.74, 6) is -4.20. The van der Waals surface area contributed by atoms with Crippen LogP contribution in [0.5, 0.6) is 11.6 Å². The average Bonchev–Trinajstić information content (AvgIpc) is 2.26. The first-order valence-corrected chi connectivity index (χ1v) is 4.67. The number of aryl methyl sites for hydroxylation is 1. The lowest BCUT2D eigenvalue weighted by Crippen LogP contribution is -1.95. The zero-order valence-electron chi connectivity index (χ0n) is 8.75. The van der Waals surface area contributed by atoms with E-state index in [4.69, 9.17) is 4.74 Å². The van der Waals surface area contributed by atoms with Crippen LogP contribution in [0.3, 0.4) is 0 Å². The molecule has 0 radical (unpaired) electrons. The van der Waals surface area contributed by atoms with E-state index in [1.165, 1.54) is 12.4 Å². The van der Waals surface area contributed by atoms with Crippen LogP contribution in [-0.4, -0.2) is 9.97 Å². The van der Waals surface area contributed by atoms with Crippen molar-refractivity contribution in [3.63, 3.8) is 0 Å². The van der Waals surface area contributed by atoms with Gasteiger partial charge in [-0.25, -0.2) is 23.1 Å². The van der Waals surface area contributed by atoms with Crippen LogP contribution >= 0.6 is 0 Å². The Balaban J connectivity index is 2.31. The molecule has 0 atom stereocenters. The molecule has 2 rings (SSSR count). The van der Waals surface area contributed by atoms with Gasteiger partial charge in [0.15, 0.2) is 17.5 Å². The molecule has 0 fully saturated rings. The molecule has 1 aromatic carbocycles. The molecule has 0 N–H and O–H groups in total. The van der Waals surface area contributed by atoms with Gasteiger partial charge in [-0.05, 0) is 6.92 Å². The number of nitrogens with zero attached hydrogens (tertiary/aromatic N) is 2. The predicted octanol–water partition coefficient (Wildman–Crippen LogP) is 2.99. The van der Waals surface area contributed by atoms with Gasteiger partial charge in [-0.3, -0.25) is 0 Å². The highest BCUT2D eigenvalue weighted by molar-refractivity contribution is 5.29. The monoisotopic (exact) mass is 240 g/mol. The number of hydrogen-bond donors (Lipinski definition) is 0. The summed E-state index contributed by atoms with van der Waals surface area (Å²) in [6.45, 7) is 1.71. The minimum absolute atomic E-state index is 0.128. The third-order valence-corrected chi connectivity index (χ3v) is 1.96. The van der Waals surface area contributed by atoms with Gasteiger partial charge in [0, 0.05) is 23.9 Å². The molecular weight excluding hydrogens is 233 g/mol. The zero-order chi connectivity index (χ0) is 12.4. The molecule has 0 saturated heterocycles. The Hall–Kier alpha value is -2.11. The molecule has 0 aliphatic carbocycles. The van der Waals surface area contributed by atoms with Gasteiger partial charge >= 0.3 is 0 Å². The van der Waals surface area contributed by atoms with Gasteiger partial charge < -0.3 is 4.74 Å². The summed E-state index contributed by atoms with van der Waals surface area (Å²) in [6.07, 6.45) is 1.25. The molecule has 1 heterocycles. The Morgan fingerprint density at radius 1 is 1.00 bits per heavy atom. The first-order chi connectivity index (χ1) is 8.06. The lowest BCUT2D eigenvalue weighted by atomic mass is 10.3. The van der Waals surface area contributed by atoms with Crippen molar-refractivity contribution in [2.24, 2.45) is 0 Å². The van der Waals surface area contributed by atoms with Crippen molar-refractivity contribution in [3.05, 3.63) is 47.7 Å². The molecule has 0 spiro atoms. The second-order valence-electron chi connectivity index (χ2n) is 3.30. The van der Waals surface area contributed by atoms with E-state index < -0.39 is 17.5 Å². The zero-order valence-corrected chi connectivity index (χ0v) is 8.75. The molecule has 17 heavy (non-hydrogen) atoms. The van der Waals surface area contributed by atoms with Crippen molar-refractivity contribution in [3.8, 4) is 11.6 Å². The van der Waals surface area contributed by atoms with E-state index in [-0.39, 0.29) is 11.6 Å². The molecule has 0 aliphatic heterocycles. The number of hydrogen-bond acceptors (Lipinski definition) is 3. The standard InChI is InChI=1S/C11H7F3N2O/c1-6-2-10(16-5-15-6)17-7-3-8(12)11(14)9(13)4-7/h2-5H,1H3. The van der Waals surface area contributed by atoms with E-state index in [2.05, 4.69) is 9.97 Å². The molecule has 0 amide bonds. The van der Waals surface area contributed by atoms with E-state index in [0.717, 1.165) is 12.1 Å². The molecule has 3 nitrogen and oxygen atoms in total. The maximum atomic E-state index is 12.9. The normalized spacial score (nSPS) is 10.4. The van der Waals surface area contributed by atoms with E-state index in [0.29, 0.717) is 5.69 Å². The number of halogens is 3. The molecule has 0 saturated carbocycles. The van der Waals surface area contributed by atoms with Crippen molar-refractivity contribution in [2.45, 2.75) is 6.92 Å². The highest BCUT2D eigenvalue weighted by Gasteiger charge is 2.12. The van der Waals surface area contributed by atoms with E-state index in [9.17, 15) is 13.2 Å². The summed E-state index contributed by atoms with van der Waals surface area (Å²) in [4.78, 5) is 7.58. The highest BCUT2D eigenvalue weighted by Crippen LogP contribution is 2.23. The van der Waals surface area contributed by atoms with Crippen LogP contribution in [0.4, 0.5) is 13.2 Å². The Kier molecular flexibility index (Phi) is 2.95. The SMILES string of the molecule is Cc1cc(Oc2cc(F)c(F)c(F)c2)ncn1. The predicted molar refractivity (Wildman–Crippen MR) is 53.2 cm³/mol. The Labute approximate surface area is 94.9 Å². The third-order valence-electron chi connectivity index (χ3n) is 1.96. The summed E-state index contributed by atoms with van der Waals surface area (Å²) in [5, 5.41) is 0. The van der Waals surface area contributed by atoms with E-state index in [1.54, 1.807) is 6.92 Å². The molecule has 0 bridgehead atoms. The first-order valence-electron chi connectivity index (χ1n) is 4.67. The second kappa shape index (κ2) is 4.40. The van der Waals surface area contributed by atoms with Crippen LogP contribution in [0.25, 0.3) is 0 Å². The number of benzene rings is 1. The van der Waals surface area contributed by atoms with Gasteiger partial charge in [-0.15, -0.1) is 0 Å². The van der Waals surface area contributed by atoms with Gasteiger partial charge in [0.2, 0.25) is 5.88 Å². The van der Waals surface area contributed by atoms with Crippen LogP contribution in [-0.2, 0) is 0 Å². The lowest BCUT2D eigenvalue weighted by molar-refractivity contribution is 0.417. The summed E-state index contributed by atoms with van der Waals surface area (Å²) in [5.41, 5.74) is 0.637. The topological polar surface area (TPSA) is 35.0 Å². The van der Waals surface area contributed by atoms with Crippen LogP contribution in [0.1, 0.15) is 5.69 Å². The van der Waals surface area contributed by atoms with Crippen LogP contribution < -0.4 is 4.74 Å². The van der Waals surface area contributed by atoms with Crippen molar-refractivity contribution in [1.29, 1.82) is 0 Å². The lowest BCUT2D eigenvalue weighted by Gasteiger charge is -2.05. The van der Waals surface area contributed by atoms with E-state index >= 15 is 0 Å². The van der Waals surface area contributed by atoms with Crippen LogP contribution in [0, 0.1) is 24.4 Å². The van der Waals surface area contributed by atoms with Gasteiger partial charge in [-0.1, -0.05) is 0 Å².